The van der Waals surface area contributed by atoms with Gasteiger partial charge in [0.05, 0.1) is 17.6 Å². The summed E-state index contributed by atoms with van der Waals surface area (Å²) in [6, 6.07) is 8.71. The summed E-state index contributed by atoms with van der Waals surface area (Å²) in [5.74, 6) is 0.870. The van der Waals surface area contributed by atoms with Gasteiger partial charge in [-0.15, -0.1) is 0 Å². The third-order valence-corrected chi connectivity index (χ3v) is 3.74. The van der Waals surface area contributed by atoms with E-state index in [0.29, 0.717) is 12.6 Å². The monoisotopic (exact) mass is 298 g/mol. The summed E-state index contributed by atoms with van der Waals surface area (Å²) in [5.41, 5.74) is 2.17. The molecule has 0 atom stereocenters. The van der Waals surface area contributed by atoms with E-state index in [2.05, 4.69) is 20.9 Å². The molecule has 0 aliphatic heterocycles. The largest absolute Gasteiger partial charge is 0.345 e. The van der Waals surface area contributed by atoms with Crippen LogP contribution in [0.1, 0.15) is 24.7 Å². The minimum atomic E-state index is -0.0729. The lowest BCUT2D eigenvalue weighted by Crippen LogP contribution is -2.23. The summed E-state index contributed by atoms with van der Waals surface area (Å²) in [4.78, 5) is 18.5. The average molecular weight is 298 g/mol. The third-order valence-electron chi connectivity index (χ3n) is 3.74. The smallest absolute Gasteiger partial charge is 0.244 e. The molecule has 1 saturated carbocycles. The molecule has 5 heteroatoms. The first-order chi connectivity index (χ1) is 10.6. The predicted octanol–water partition coefficient (Wildman–Crippen LogP) is 2.11. The number of rotatable bonds is 6. The zero-order chi connectivity index (χ0) is 15.5. The number of hydrogen-bond acceptors (Lipinski definition) is 3. The van der Waals surface area contributed by atoms with E-state index in [0.717, 1.165) is 23.4 Å². The number of carbonyl (C=O) groups is 1. The summed E-state index contributed by atoms with van der Waals surface area (Å²) < 4.78 is 2.28. The van der Waals surface area contributed by atoms with Crippen molar-refractivity contribution in [1.82, 2.24) is 19.8 Å². The second-order valence-electron chi connectivity index (χ2n) is 6.00. The Labute approximate surface area is 130 Å². The number of nitrogens with zero attached hydrogens (tertiary/aromatic N) is 3. The number of aromatic nitrogens is 2. The molecule has 0 bridgehead atoms. The lowest BCUT2D eigenvalue weighted by molar-refractivity contribution is -0.116. The summed E-state index contributed by atoms with van der Waals surface area (Å²) >= 11 is 0. The first-order valence-electron chi connectivity index (χ1n) is 7.70. The van der Waals surface area contributed by atoms with Crippen LogP contribution in [0.4, 0.5) is 0 Å². The molecule has 1 heterocycles. The maximum atomic E-state index is 11.9. The van der Waals surface area contributed by atoms with Gasteiger partial charge in [0.2, 0.25) is 5.91 Å². The summed E-state index contributed by atoms with van der Waals surface area (Å²) in [7, 11) is 3.94. The predicted molar refractivity (Wildman–Crippen MR) is 87.5 cm³/mol. The van der Waals surface area contributed by atoms with E-state index in [4.69, 9.17) is 0 Å². The van der Waals surface area contributed by atoms with Gasteiger partial charge in [-0.2, -0.15) is 0 Å². The number of carbonyl (C=O) groups excluding carboxylic acids is 1. The van der Waals surface area contributed by atoms with Crippen molar-refractivity contribution in [3.05, 3.63) is 42.2 Å². The molecule has 2 aromatic rings. The lowest BCUT2D eigenvalue weighted by Gasteiger charge is -2.08. The van der Waals surface area contributed by atoms with Crippen molar-refractivity contribution in [3.63, 3.8) is 0 Å². The van der Waals surface area contributed by atoms with Crippen LogP contribution in [-0.4, -0.2) is 41.0 Å². The van der Waals surface area contributed by atoms with Crippen molar-refractivity contribution in [1.29, 1.82) is 0 Å². The molecule has 1 aliphatic rings. The minimum absolute atomic E-state index is 0.0729. The molecule has 1 aromatic heterocycles. The fraction of sp³-hybridized carbons (Fsp3) is 0.412. The molecule has 1 N–H and O–H groups in total. The van der Waals surface area contributed by atoms with Crippen LogP contribution in [0.15, 0.2) is 36.4 Å². The van der Waals surface area contributed by atoms with E-state index in [-0.39, 0.29) is 5.91 Å². The average Bonchev–Trinajstić information content (AvgIpc) is 3.25. The Morgan fingerprint density at radius 3 is 2.91 bits per heavy atom. The quantitative estimate of drug-likeness (QED) is 0.831. The number of nitrogens with one attached hydrogen (secondary N) is 1. The summed E-state index contributed by atoms with van der Waals surface area (Å²) in [6.45, 7) is 1.23. The van der Waals surface area contributed by atoms with Crippen molar-refractivity contribution < 1.29 is 4.79 Å². The van der Waals surface area contributed by atoms with Gasteiger partial charge in [-0.3, -0.25) is 4.79 Å². The zero-order valence-electron chi connectivity index (χ0n) is 13.1. The number of para-hydroxylation sites is 2. The molecule has 5 nitrogen and oxygen atoms in total. The molecule has 0 radical (unpaired) electrons. The molecular weight excluding hydrogens is 276 g/mol. The van der Waals surface area contributed by atoms with Crippen molar-refractivity contribution in [2.24, 2.45) is 0 Å². The summed E-state index contributed by atoms with van der Waals surface area (Å²) in [6.07, 6.45) is 5.84. The number of likely N-dealkylation sites (N-methyl/N-ethyl adjacent to an activating group) is 1. The molecule has 1 fully saturated rings. The fourth-order valence-corrected chi connectivity index (χ4v) is 2.55. The molecule has 116 valence electrons. The van der Waals surface area contributed by atoms with Crippen LogP contribution in [0.5, 0.6) is 0 Å². The molecule has 0 unspecified atom stereocenters. The normalized spacial score (nSPS) is 15.0. The van der Waals surface area contributed by atoms with Gasteiger partial charge >= 0.3 is 0 Å². The van der Waals surface area contributed by atoms with E-state index in [1.165, 1.54) is 12.8 Å². The molecular formula is C17H22N4O. The second kappa shape index (κ2) is 6.32. The van der Waals surface area contributed by atoms with Gasteiger partial charge in [-0.05, 0) is 39.1 Å². The topological polar surface area (TPSA) is 50.2 Å². The Bertz CT molecular complexity index is 698. The molecule has 3 rings (SSSR count). The van der Waals surface area contributed by atoms with Crippen LogP contribution in [-0.2, 0) is 11.3 Å². The van der Waals surface area contributed by atoms with Gasteiger partial charge in [0, 0.05) is 18.7 Å². The molecule has 1 aliphatic carbocycles. The van der Waals surface area contributed by atoms with Crippen LogP contribution < -0.4 is 5.32 Å². The number of hydrogen-bond donors (Lipinski definition) is 1. The van der Waals surface area contributed by atoms with E-state index in [1.807, 2.05) is 43.3 Å². The van der Waals surface area contributed by atoms with E-state index in [1.54, 1.807) is 6.08 Å². The SMILES string of the molecule is CN(C)C/C=C/C(=O)NCc1nc2ccccc2n1C1CC1. The van der Waals surface area contributed by atoms with Gasteiger partial charge < -0.3 is 14.8 Å². The highest BCUT2D eigenvalue weighted by Gasteiger charge is 2.27. The fourth-order valence-electron chi connectivity index (χ4n) is 2.55. The van der Waals surface area contributed by atoms with E-state index in [9.17, 15) is 4.79 Å². The van der Waals surface area contributed by atoms with Crippen molar-refractivity contribution in [3.8, 4) is 0 Å². The number of fused-ring (bicyclic) bond motifs is 1. The maximum absolute atomic E-state index is 11.9. The first kappa shape index (κ1) is 14.8. The Hall–Kier alpha value is -2.14. The van der Waals surface area contributed by atoms with Crippen molar-refractivity contribution in [2.75, 3.05) is 20.6 Å². The van der Waals surface area contributed by atoms with Crippen LogP contribution in [0.25, 0.3) is 11.0 Å². The summed E-state index contributed by atoms with van der Waals surface area (Å²) in [5, 5.41) is 2.93. The molecule has 1 amide bonds. The standard InChI is InChI=1S/C17H22N4O/c1-20(2)11-5-8-17(22)18-12-16-19-14-6-3-4-7-15(14)21(16)13-9-10-13/h3-8,13H,9-12H2,1-2H3,(H,18,22)/b8-5+. The van der Waals surface area contributed by atoms with Crippen LogP contribution in [0, 0.1) is 0 Å². The van der Waals surface area contributed by atoms with Gasteiger partial charge in [-0.25, -0.2) is 4.98 Å². The van der Waals surface area contributed by atoms with Crippen LogP contribution in [0.2, 0.25) is 0 Å². The van der Waals surface area contributed by atoms with Gasteiger partial charge in [0.15, 0.2) is 0 Å². The molecule has 0 saturated heterocycles. The number of benzene rings is 1. The Balaban J connectivity index is 1.70. The van der Waals surface area contributed by atoms with Crippen LogP contribution >= 0.6 is 0 Å². The Kier molecular flexibility index (Phi) is 4.24. The Morgan fingerprint density at radius 2 is 2.18 bits per heavy atom. The lowest BCUT2D eigenvalue weighted by atomic mass is 10.3. The number of amides is 1. The van der Waals surface area contributed by atoms with E-state index < -0.39 is 0 Å². The molecule has 0 spiro atoms. The van der Waals surface area contributed by atoms with Gasteiger partial charge in [0.25, 0.3) is 0 Å². The highest BCUT2D eigenvalue weighted by molar-refractivity contribution is 5.87. The third kappa shape index (κ3) is 3.36. The van der Waals surface area contributed by atoms with E-state index >= 15 is 0 Å². The van der Waals surface area contributed by atoms with Gasteiger partial charge in [-0.1, -0.05) is 18.2 Å². The maximum Gasteiger partial charge on any atom is 0.244 e. The Morgan fingerprint density at radius 1 is 1.41 bits per heavy atom. The van der Waals surface area contributed by atoms with Crippen molar-refractivity contribution >= 4 is 16.9 Å². The molecule has 1 aromatic carbocycles. The highest BCUT2D eigenvalue weighted by Crippen LogP contribution is 2.38. The second-order valence-corrected chi connectivity index (χ2v) is 6.00. The highest BCUT2D eigenvalue weighted by atomic mass is 16.1. The van der Waals surface area contributed by atoms with Crippen molar-refractivity contribution in [2.45, 2.75) is 25.4 Å². The van der Waals surface area contributed by atoms with Gasteiger partial charge in [0.1, 0.15) is 5.82 Å². The van der Waals surface area contributed by atoms with Crippen LogP contribution in [0.3, 0.4) is 0 Å². The number of imidazole rings is 1. The minimum Gasteiger partial charge on any atom is -0.345 e. The first-order valence-corrected chi connectivity index (χ1v) is 7.70. The molecule has 22 heavy (non-hydrogen) atoms. The zero-order valence-corrected chi connectivity index (χ0v) is 13.1.